The summed E-state index contributed by atoms with van der Waals surface area (Å²) in [5.41, 5.74) is 8.07. The van der Waals surface area contributed by atoms with E-state index < -0.39 is 11.8 Å². The molecule has 2 amide bonds. The SMILES string of the molecule is Cc1cc(NC(=O)C(=O)N2C[C@H]3CC[C@H](C3)[C@@H]2c2ccccc2)cnc1N. The Morgan fingerprint density at radius 3 is 2.74 bits per heavy atom. The highest BCUT2D eigenvalue weighted by Gasteiger charge is 2.44. The van der Waals surface area contributed by atoms with Gasteiger partial charge in [0, 0.05) is 6.54 Å². The van der Waals surface area contributed by atoms with Gasteiger partial charge >= 0.3 is 11.8 Å². The van der Waals surface area contributed by atoms with Crippen LogP contribution in [0.1, 0.15) is 36.4 Å². The van der Waals surface area contributed by atoms with Crippen LogP contribution in [-0.2, 0) is 9.59 Å². The minimum Gasteiger partial charge on any atom is -0.383 e. The number of nitrogens with one attached hydrogen (secondary N) is 1. The van der Waals surface area contributed by atoms with Crippen LogP contribution < -0.4 is 11.1 Å². The number of nitrogens with zero attached hydrogens (tertiary/aromatic N) is 2. The Kier molecular flexibility index (Phi) is 4.56. The summed E-state index contributed by atoms with van der Waals surface area (Å²) < 4.78 is 0. The molecule has 2 fully saturated rings. The maximum atomic E-state index is 13.0. The van der Waals surface area contributed by atoms with Crippen molar-refractivity contribution >= 4 is 23.3 Å². The second-order valence-corrected chi connectivity index (χ2v) is 7.63. The van der Waals surface area contributed by atoms with Crippen molar-refractivity contribution in [1.82, 2.24) is 9.88 Å². The van der Waals surface area contributed by atoms with Gasteiger partial charge in [0.05, 0.1) is 17.9 Å². The average molecular weight is 364 g/mol. The zero-order valence-corrected chi connectivity index (χ0v) is 15.4. The normalized spacial score (nSPS) is 23.9. The van der Waals surface area contributed by atoms with E-state index in [9.17, 15) is 9.59 Å². The number of carbonyl (C=O) groups is 2. The summed E-state index contributed by atoms with van der Waals surface area (Å²) in [6.45, 7) is 2.45. The van der Waals surface area contributed by atoms with Crippen molar-refractivity contribution in [2.24, 2.45) is 11.8 Å². The van der Waals surface area contributed by atoms with Crippen LogP contribution in [0.2, 0.25) is 0 Å². The van der Waals surface area contributed by atoms with Gasteiger partial charge in [0.15, 0.2) is 0 Å². The zero-order chi connectivity index (χ0) is 19.0. The van der Waals surface area contributed by atoms with Crippen LogP contribution in [0.25, 0.3) is 0 Å². The van der Waals surface area contributed by atoms with Crippen molar-refractivity contribution in [2.45, 2.75) is 32.2 Å². The van der Waals surface area contributed by atoms with Crippen molar-refractivity contribution < 1.29 is 9.59 Å². The van der Waals surface area contributed by atoms with Gasteiger partial charge in [0.1, 0.15) is 5.82 Å². The summed E-state index contributed by atoms with van der Waals surface area (Å²) in [6, 6.07) is 11.7. The molecule has 6 heteroatoms. The molecule has 1 saturated heterocycles. The fraction of sp³-hybridized carbons (Fsp3) is 0.381. The maximum absolute atomic E-state index is 13.0. The number of piperidine rings is 1. The zero-order valence-electron chi connectivity index (χ0n) is 15.4. The Morgan fingerprint density at radius 2 is 2.00 bits per heavy atom. The Hall–Kier alpha value is -2.89. The summed E-state index contributed by atoms with van der Waals surface area (Å²) in [6.07, 6.45) is 4.84. The summed E-state index contributed by atoms with van der Waals surface area (Å²) in [5.74, 6) is 0.227. The van der Waals surface area contributed by atoms with Gasteiger partial charge in [-0.1, -0.05) is 30.3 Å². The number of fused-ring (bicyclic) bond motifs is 2. The van der Waals surface area contributed by atoms with Crippen LogP contribution >= 0.6 is 0 Å². The van der Waals surface area contributed by atoms with E-state index in [-0.39, 0.29) is 6.04 Å². The number of aryl methyl sites for hydroxylation is 1. The lowest BCUT2D eigenvalue weighted by Gasteiger charge is -2.40. The molecule has 1 aromatic carbocycles. The van der Waals surface area contributed by atoms with E-state index in [0.717, 1.165) is 30.4 Å². The van der Waals surface area contributed by atoms with Gasteiger partial charge in [-0.25, -0.2) is 4.98 Å². The lowest BCUT2D eigenvalue weighted by Crippen LogP contribution is -2.47. The van der Waals surface area contributed by atoms with E-state index in [1.54, 1.807) is 11.0 Å². The Balaban J connectivity index is 1.56. The van der Waals surface area contributed by atoms with Crippen molar-refractivity contribution in [1.29, 1.82) is 0 Å². The van der Waals surface area contributed by atoms with Crippen molar-refractivity contribution in [2.75, 3.05) is 17.6 Å². The first-order chi connectivity index (χ1) is 13.0. The van der Waals surface area contributed by atoms with Crippen molar-refractivity contribution in [3.63, 3.8) is 0 Å². The van der Waals surface area contributed by atoms with E-state index >= 15 is 0 Å². The third kappa shape index (κ3) is 3.39. The third-order valence-electron chi connectivity index (χ3n) is 5.79. The van der Waals surface area contributed by atoms with Crippen LogP contribution in [0.3, 0.4) is 0 Å². The van der Waals surface area contributed by atoms with E-state index in [2.05, 4.69) is 22.4 Å². The maximum Gasteiger partial charge on any atom is 0.313 e. The Morgan fingerprint density at radius 1 is 1.22 bits per heavy atom. The number of carbonyl (C=O) groups excluding carboxylic acids is 2. The number of hydrogen-bond donors (Lipinski definition) is 2. The summed E-state index contributed by atoms with van der Waals surface area (Å²) in [7, 11) is 0. The number of rotatable bonds is 2. The van der Waals surface area contributed by atoms with Crippen LogP contribution in [0.15, 0.2) is 42.6 Å². The van der Waals surface area contributed by atoms with Gasteiger partial charge in [-0.15, -0.1) is 0 Å². The highest BCUT2D eigenvalue weighted by atomic mass is 16.2. The number of likely N-dealkylation sites (tertiary alicyclic amines) is 1. The minimum absolute atomic E-state index is 0.0329. The molecule has 3 atom stereocenters. The number of nitrogens with two attached hydrogens (primary N) is 1. The second kappa shape index (κ2) is 7.02. The molecule has 3 N–H and O–H groups in total. The highest BCUT2D eigenvalue weighted by Crippen LogP contribution is 2.47. The van der Waals surface area contributed by atoms with Gasteiger partial charge in [-0.3, -0.25) is 9.59 Å². The molecule has 2 heterocycles. The third-order valence-corrected chi connectivity index (χ3v) is 5.79. The molecule has 0 radical (unpaired) electrons. The number of nitrogen functional groups attached to an aromatic ring is 1. The van der Waals surface area contributed by atoms with Crippen molar-refractivity contribution in [3.05, 3.63) is 53.7 Å². The quantitative estimate of drug-likeness (QED) is 0.802. The fourth-order valence-corrected chi connectivity index (χ4v) is 4.49. The van der Waals surface area contributed by atoms with Crippen molar-refractivity contribution in [3.8, 4) is 0 Å². The second-order valence-electron chi connectivity index (χ2n) is 7.63. The number of pyridine rings is 1. The molecule has 2 aliphatic rings. The van der Waals surface area contributed by atoms with Gasteiger partial charge in [-0.2, -0.15) is 0 Å². The lowest BCUT2D eigenvalue weighted by atomic mass is 9.86. The number of anilines is 2. The minimum atomic E-state index is -0.622. The highest BCUT2D eigenvalue weighted by molar-refractivity contribution is 6.39. The molecule has 140 valence electrons. The number of benzene rings is 1. The molecule has 1 saturated carbocycles. The van der Waals surface area contributed by atoms with E-state index in [1.807, 2.05) is 25.1 Å². The lowest BCUT2D eigenvalue weighted by molar-refractivity contribution is -0.147. The molecule has 4 rings (SSSR count). The number of amides is 2. The first-order valence-corrected chi connectivity index (χ1v) is 9.42. The molecular formula is C21H24N4O2. The average Bonchev–Trinajstić information content (AvgIpc) is 3.05. The summed E-state index contributed by atoms with van der Waals surface area (Å²) in [5, 5.41) is 2.68. The molecule has 2 aromatic rings. The summed E-state index contributed by atoms with van der Waals surface area (Å²) >= 11 is 0. The number of aromatic nitrogens is 1. The van der Waals surface area contributed by atoms with Crippen LogP contribution in [0.4, 0.5) is 11.5 Å². The molecular weight excluding hydrogens is 340 g/mol. The molecule has 1 aliphatic carbocycles. The van der Waals surface area contributed by atoms with E-state index in [4.69, 9.17) is 5.73 Å². The molecule has 0 unspecified atom stereocenters. The molecule has 1 aliphatic heterocycles. The van der Waals surface area contributed by atoms with E-state index in [1.165, 1.54) is 6.20 Å². The molecule has 1 aromatic heterocycles. The van der Waals surface area contributed by atoms with Crippen LogP contribution in [0.5, 0.6) is 0 Å². The molecule has 6 nitrogen and oxygen atoms in total. The smallest absolute Gasteiger partial charge is 0.313 e. The fourth-order valence-electron chi connectivity index (χ4n) is 4.49. The molecule has 2 bridgehead atoms. The van der Waals surface area contributed by atoms with Crippen LogP contribution in [0, 0.1) is 18.8 Å². The largest absolute Gasteiger partial charge is 0.383 e. The van der Waals surface area contributed by atoms with Gasteiger partial charge in [0.2, 0.25) is 0 Å². The van der Waals surface area contributed by atoms with Gasteiger partial charge < -0.3 is 16.0 Å². The van der Waals surface area contributed by atoms with Crippen LogP contribution in [-0.4, -0.2) is 28.2 Å². The monoisotopic (exact) mass is 364 g/mol. The predicted molar refractivity (Wildman–Crippen MR) is 104 cm³/mol. The summed E-state index contributed by atoms with van der Waals surface area (Å²) in [4.78, 5) is 31.5. The standard InChI is InChI=1S/C21H24N4O2/c1-13-9-17(11-23-19(13)22)24-20(26)21(27)25-12-14-7-8-16(10-14)18(25)15-5-3-2-4-6-15/h2-6,9,11,14,16,18H,7-8,10,12H2,1H3,(H2,22,23)(H,24,26)/t14-,16+,18-/m0/s1. The predicted octanol–water partition coefficient (Wildman–Crippen LogP) is 2.91. The Labute approximate surface area is 158 Å². The molecule has 27 heavy (non-hydrogen) atoms. The molecule has 0 spiro atoms. The topological polar surface area (TPSA) is 88.3 Å². The number of hydrogen-bond acceptors (Lipinski definition) is 4. The van der Waals surface area contributed by atoms with Gasteiger partial charge in [-0.05, 0) is 55.2 Å². The first kappa shape index (κ1) is 17.5. The first-order valence-electron chi connectivity index (χ1n) is 9.42. The van der Waals surface area contributed by atoms with Gasteiger partial charge in [0.25, 0.3) is 0 Å². The Bertz CT molecular complexity index is 868. The van der Waals surface area contributed by atoms with E-state index in [0.29, 0.717) is 29.9 Å².